The number of hydrogen-bond donors (Lipinski definition) is 2. The Hall–Kier alpha value is -2.39. The SMILES string of the molecule is NS(=O)(=O)c1cc(NC(=O)Cc2ccccc2Cl)ccc1-n1cc(Cl)cn1. The van der Waals surface area contributed by atoms with E-state index in [0.29, 0.717) is 15.6 Å². The van der Waals surface area contributed by atoms with E-state index in [4.69, 9.17) is 28.3 Å². The molecule has 3 rings (SSSR count). The van der Waals surface area contributed by atoms with Crippen molar-refractivity contribution in [3.05, 3.63) is 70.5 Å². The molecule has 1 amide bonds. The van der Waals surface area contributed by atoms with Crippen LogP contribution in [0.25, 0.3) is 5.69 Å². The first-order valence-electron chi connectivity index (χ1n) is 7.65. The van der Waals surface area contributed by atoms with Crippen LogP contribution in [0.2, 0.25) is 10.0 Å². The predicted molar refractivity (Wildman–Crippen MR) is 104 cm³/mol. The molecule has 3 N–H and O–H groups in total. The van der Waals surface area contributed by atoms with Gasteiger partial charge in [0, 0.05) is 16.9 Å². The Bertz CT molecular complexity index is 1110. The Labute approximate surface area is 165 Å². The second-order valence-electron chi connectivity index (χ2n) is 5.65. The topological polar surface area (TPSA) is 107 Å². The number of halogens is 2. The van der Waals surface area contributed by atoms with E-state index in [1.807, 2.05) is 0 Å². The van der Waals surface area contributed by atoms with Gasteiger partial charge in [0.05, 0.1) is 23.3 Å². The highest BCUT2D eigenvalue weighted by atomic mass is 35.5. The van der Waals surface area contributed by atoms with Crippen molar-refractivity contribution in [1.29, 1.82) is 0 Å². The number of sulfonamides is 1. The zero-order valence-corrected chi connectivity index (χ0v) is 16.1. The summed E-state index contributed by atoms with van der Waals surface area (Å²) < 4.78 is 25.3. The summed E-state index contributed by atoms with van der Waals surface area (Å²) in [5.74, 6) is -0.349. The third kappa shape index (κ3) is 4.67. The van der Waals surface area contributed by atoms with Crippen LogP contribution in [0, 0.1) is 0 Å². The Morgan fingerprint density at radius 1 is 1.19 bits per heavy atom. The van der Waals surface area contributed by atoms with Gasteiger partial charge in [0.25, 0.3) is 0 Å². The quantitative estimate of drug-likeness (QED) is 0.655. The van der Waals surface area contributed by atoms with Crippen LogP contribution in [0.5, 0.6) is 0 Å². The number of anilines is 1. The highest BCUT2D eigenvalue weighted by molar-refractivity contribution is 7.89. The highest BCUT2D eigenvalue weighted by Gasteiger charge is 2.18. The molecule has 0 aliphatic heterocycles. The number of rotatable bonds is 5. The predicted octanol–water partition coefficient (Wildman–Crippen LogP) is 3.01. The summed E-state index contributed by atoms with van der Waals surface area (Å²) in [5.41, 5.74) is 1.15. The van der Waals surface area contributed by atoms with Gasteiger partial charge in [0.15, 0.2) is 0 Å². The van der Waals surface area contributed by atoms with E-state index in [1.54, 1.807) is 30.3 Å². The summed E-state index contributed by atoms with van der Waals surface area (Å²) in [6.45, 7) is 0. The first kappa shape index (κ1) is 19.4. The largest absolute Gasteiger partial charge is 0.326 e. The molecule has 2 aromatic carbocycles. The molecule has 27 heavy (non-hydrogen) atoms. The minimum Gasteiger partial charge on any atom is -0.326 e. The van der Waals surface area contributed by atoms with Crippen LogP contribution in [0.4, 0.5) is 5.69 Å². The molecule has 0 bridgehead atoms. The average molecular weight is 425 g/mol. The van der Waals surface area contributed by atoms with Gasteiger partial charge in [-0.15, -0.1) is 0 Å². The van der Waals surface area contributed by atoms with E-state index in [0.717, 1.165) is 0 Å². The van der Waals surface area contributed by atoms with Crippen LogP contribution in [-0.2, 0) is 21.2 Å². The molecule has 7 nitrogen and oxygen atoms in total. The summed E-state index contributed by atoms with van der Waals surface area (Å²) in [5, 5.41) is 12.7. The summed E-state index contributed by atoms with van der Waals surface area (Å²) >= 11 is 11.9. The van der Waals surface area contributed by atoms with Crippen molar-refractivity contribution in [3.8, 4) is 5.69 Å². The summed E-state index contributed by atoms with van der Waals surface area (Å²) in [4.78, 5) is 12.1. The fraction of sp³-hybridized carbons (Fsp3) is 0.0588. The first-order chi connectivity index (χ1) is 12.7. The fourth-order valence-electron chi connectivity index (χ4n) is 2.46. The summed E-state index contributed by atoms with van der Waals surface area (Å²) in [7, 11) is -4.07. The zero-order chi connectivity index (χ0) is 19.6. The molecule has 1 heterocycles. The van der Waals surface area contributed by atoms with Gasteiger partial charge in [-0.25, -0.2) is 18.2 Å². The molecular weight excluding hydrogens is 411 g/mol. The fourth-order valence-corrected chi connectivity index (χ4v) is 3.54. The van der Waals surface area contributed by atoms with Gasteiger partial charge in [-0.1, -0.05) is 41.4 Å². The average Bonchev–Trinajstić information content (AvgIpc) is 3.02. The van der Waals surface area contributed by atoms with Crippen LogP contribution in [0.3, 0.4) is 0 Å². The summed E-state index contributed by atoms with van der Waals surface area (Å²) in [6, 6.07) is 11.3. The van der Waals surface area contributed by atoms with Crippen LogP contribution in [0.15, 0.2) is 59.8 Å². The van der Waals surface area contributed by atoms with Crippen molar-refractivity contribution in [2.45, 2.75) is 11.3 Å². The summed E-state index contributed by atoms with van der Waals surface area (Å²) in [6.07, 6.45) is 2.86. The number of carbonyl (C=O) groups is 1. The lowest BCUT2D eigenvalue weighted by atomic mass is 10.1. The highest BCUT2D eigenvalue weighted by Crippen LogP contribution is 2.24. The van der Waals surface area contributed by atoms with Crippen molar-refractivity contribution >= 4 is 44.8 Å². The van der Waals surface area contributed by atoms with Gasteiger partial charge in [0.1, 0.15) is 4.90 Å². The van der Waals surface area contributed by atoms with Crippen molar-refractivity contribution in [2.75, 3.05) is 5.32 Å². The second-order valence-corrected chi connectivity index (χ2v) is 8.02. The lowest BCUT2D eigenvalue weighted by molar-refractivity contribution is -0.115. The Morgan fingerprint density at radius 3 is 2.56 bits per heavy atom. The maximum atomic E-state index is 12.3. The number of benzene rings is 2. The van der Waals surface area contributed by atoms with Gasteiger partial charge >= 0.3 is 0 Å². The van der Waals surface area contributed by atoms with Crippen LogP contribution < -0.4 is 10.5 Å². The monoisotopic (exact) mass is 424 g/mol. The minimum atomic E-state index is -4.07. The number of nitrogens with one attached hydrogen (secondary N) is 1. The van der Waals surface area contributed by atoms with Crippen molar-refractivity contribution in [2.24, 2.45) is 5.14 Å². The van der Waals surface area contributed by atoms with Crippen molar-refractivity contribution in [3.63, 3.8) is 0 Å². The lowest BCUT2D eigenvalue weighted by Gasteiger charge is -2.12. The van der Waals surface area contributed by atoms with Crippen molar-refractivity contribution in [1.82, 2.24) is 9.78 Å². The van der Waals surface area contributed by atoms with E-state index >= 15 is 0 Å². The molecule has 0 unspecified atom stereocenters. The molecule has 0 atom stereocenters. The van der Waals surface area contributed by atoms with Crippen LogP contribution >= 0.6 is 23.2 Å². The van der Waals surface area contributed by atoms with Gasteiger partial charge in [-0.3, -0.25) is 4.79 Å². The van der Waals surface area contributed by atoms with Gasteiger partial charge in [-0.05, 0) is 29.8 Å². The van der Waals surface area contributed by atoms with E-state index in [2.05, 4.69) is 10.4 Å². The van der Waals surface area contributed by atoms with Gasteiger partial charge < -0.3 is 5.32 Å². The molecular formula is C17H14Cl2N4O3S. The number of aromatic nitrogens is 2. The van der Waals surface area contributed by atoms with E-state index in [-0.39, 0.29) is 28.6 Å². The number of carbonyl (C=O) groups excluding carboxylic acids is 1. The molecule has 0 spiro atoms. The van der Waals surface area contributed by atoms with Crippen LogP contribution in [0.1, 0.15) is 5.56 Å². The van der Waals surface area contributed by atoms with Gasteiger partial charge in [0.2, 0.25) is 15.9 Å². The molecule has 3 aromatic rings. The molecule has 10 heteroatoms. The Morgan fingerprint density at radius 2 is 1.93 bits per heavy atom. The molecule has 0 saturated heterocycles. The molecule has 0 saturated carbocycles. The van der Waals surface area contributed by atoms with Gasteiger partial charge in [-0.2, -0.15) is 5.10 Å². The number of nitrogens with zero attached hydrogens (tertiary/aromatic N) is 2. The van der Waals surface area contributed by atoms with Crippen LogP contribution in [-0.4, -0.2) is 24.1 Å². The molecule has 0 radical (unpaired) electrons. The molecule has 0 aliphatic carbocycles. The smallest absolute Gasteiger partial charge is 0.240 e. The number of primary sulfonamides is 1. The van der Waals surface area contributed by atoms with E-state index < -0.39 is 10.0 Å². The van der Waals surface area contributed by atoms with E-state index in [1.165, 1.54) is 29.2 Å². The third-order valence-electron chi connectivity index (χ3n) is 3.66. The van der Waals surface area contributed by atoms with E-state index in [9.17, 15) is 13.2 Å². The second kappa shape index (κ2) is 7.69. The molecule has 140 valence electrons. The Kier molecular flexibility index (Phi) is 5.52. The first-order valence-corrected chi connectivity index (χ1v) is 9.95. The number of hydrogen-bond acceptors (Lipinski definition) is 4. The maximum absolute atomic E-state index is 12.3. The normalized spacial score (nSPS) is 11.4. The number of amides is 1. The third-order valence-corrected chi connectivity index (χ3v) is 5.16. The minimum absolute atomic E-state index is 0.0426. The lowest BCUT2D eigenvalue weighted by Crippen LogP contribution is -2.18. The Balaban J connectivity index is 1.89. The molecule has 0 aliphatic rings. The number of nitrogens with two attached hydrogens (primary N) is 1. The maximum Gasteiger partial charge on any atom is 0.240 e. The standard InChI is InChI=1S/C17H14Cl2N4O3S/c18-12-9-21-23(10-12)15-6-5-13(8-16(15)27(20,25)26)22-17(24)7-11-3-1-2-4-14(11)19/h1-6,8-10H,7H2,(H,22,24)(H2,20,25,26). The zero-order valence-electron chi connectivity index (χ0n) is 13.8. The molecule has 0 fully saturated rings. The van der Waals surface area contributed by atoms with Crippen molar-refractivity contribution < 1.29 is 13.2 Å². The molecule has 1 aromatic heterocycles.